The first-order chi connectivity index (χ1) is 9.47. The SMILES string of the molecule is Cc1ccc(SC(c2cccc(Cl)c2)C(C)N)cc1C. The lowest BCUT2D eigenvalue weighted by atomic mass is 10.1. The summed E-state index contributed by atoms with van der Waals surface area (Å²) in [5.74, 6) is 0. The fourth-order valence-corrected chi connectivity index (χ4v) is 3.48. The molecule has 2 rings (SSSR count). The fourth-order valence-electron chi connectivity index (χ4n) is 2.10. The molecule has 0 fully saturated rings. The van der Waals surface area contributed by atoms with E-state index >= 15 is 0 Å². The van der Waals surface area contributed by atoms with Crippen molar-refractivity contribution in [3.63, 3.8) is 0 Å². The van der Waals surface area contributed by atoms with E-state index in [2.05, 4.69) is 38.1 Å². The molecule has 20 heavy (non-hydrogen) atoms. The van der Waals surface area contributed by atoms with E-state index in [1.54, 1.807) is 11.8 Å². The Morgan fingerprint density at radius 3 is 2.40 bits per heavy atom. The normalized spacial score (nSPS) is 14.1. The molecule has 2 aromatic carbocycles. The van der Waals surface area contributed by atoms with Crippen molar-refractivity contribution in [2.75, 3.05) is 0 Å². The van der Waals surface area contributed by atoms with Crippen LogP contribution >= 0.6 is 23.4 Å². The topological polar surface area (TPSA) is 26.0 Å². The maximum absolute atomic E-state index is 6.17. The second-order valence-corrected chi connectivity index (χ2v) is 6.85. The quantitative estimate of drug-likeness (QED) is 0.792. The number of hydrogen-bond acceptors (Lipinski definition) is 2. The van der Waals surface area contributed by atoms with Crippen LogP contribution in [0.5, 0.6) is 0 Å². The van der Waals surface area contributed by atoms with Gasteiger partial charge < -0.3 is 5.73 Å². The van der Waals surface area contributed by atoms with E-state index < -0.39 is 0 Å². The zero-order valence-corrected chi connectivity index (χ0v) is 13.6. The van der Waals surface area contributed by atoms with E-state index in [9.17, 15) is 0 Å². The van der Waals surface area contributed by atoms with Gasteiger partial charge in [-0.2, -0.15) is 0 Å². The molecule has 2 atom stereocenters. The fraction of sp³-hybridized carbons (Fsp3) is 0.294. The van der Waals surface area contributed by atoms with Crippen molar-refractivity contribution in [3.8, 4) is 0 Å². The monoisotopic (exact) mass is 305 g/mol. The molecule has 3 heteroatoms. The maximum Gasteiger partial charge on any atom is 0.0493 e. The minimum absolute atomic E-state index is 0.0556. The van der Waals surface area contributed by atoms with Crippen molar-refractivity contribution in [1.82, 2.24) is 0 Å². The molecule has 0 aromatic heterocycles. The van der Waals surface area contributed by atoms with Crippen LogP contribution in [0.15, 0.2) is 47.4 Å². The van der Waals surface area contributed by atoms with Gasteiger partial charge in [0, 0.05) is 21.2 Å². The molecule has 0 radical (unpaired) electrons. The van der Waals surface area contributed by atoms with Crippen molar-refractivity contribution in [2.24, 2.45) is 5.73 Å². The molecule has 0 saturated heterocycles. The number of hydrogen-bond donors (Lipinski definition) is 1. The predicted molar refractivity (Wildman–Crippen MR) is 89.6 cm³/mol. The van der Waals surface area contributed by atoms with Gasteiger partial charge in [-0.25, -0.2) is 0 Å². The molecule has 0 amide bonds. The highest BCUT2D eigenvalue weighted by atomic mass is 35.5. The Labute approximate surface area is 130 Å². The van der Waals surface area contributed by atoms with Crippen LogP contribution in [-0.2, 0) is 0 Å². The molecule has 0 aliphatic rings. The Balaban J connectivity index is 2.28. The number of aryl methyl sites for hydroxylation is 2. The molecule has 2 unspecified atom stereocenters. The van der Waals surface area contributed by atoms with Gasteiger partial charge in [0.05, 0.1) is 0 Å². The van der Waals surface area contributed by atoms with E-state index in [1.807, 2.05) is 25.1 Å². The van der Waals surface area contributed by atoms with Gasteiger partial charge in [-0.15, -0.1) is 11.8 Å². The van der Waals surface area contributed by atoms with Crippen molar-refractivity contribution in [1.29, 1.82) is 0 Å². The van der Waals surface area contributed by atoms with Crippen molar-refractivity contribution < 1.29 is 0 Å². The molecular formula is C17H20ClNS. The van der Waals surface area contributed by atoms with Gasteiger partial charge in [0.25, 0.3) is 0 Å². The van der Waals surface area contributed by atoms with Crippen LogP contribution in [0, 0.1) is 13.8 Å². The van der Waals surface area contributed by atoms with Gasteiger partial charge >= 0.3 is 0 Å². The molecule has 0 aliphatic carbocycles. The Hall–Kier alpha value is -0.960. The summed E-state index contributed by atoms with van der Waals surface area (Å²) in [5, 5.41) is 0.963. The Bertz CT molecular complexity index is 595. The summed E-state index contributed by atoms with van der Waals surface area (Å²) in [7, 11) is 0. The van der Waals surface area contributed by atoms with Crippen molar-refractivity contribution in [2.45, 2.75) is 37.0 Å². The molecule has 0 saturated carbocycles. The molecule has 1 nitrogen and oxygen atoms in total. The van der Waals surface area contributed by atoms with Crippen LogP contribution in [0.2, 0.25) is 5.02 Å². The van der Waals surface area contributed by atoms with Crippen LogP contribution in [0.25, 0.3) is 0 Å². The van der Waals surface area contributed by atoms with Crippen LogP contribution in [0.3, 0.4) is 0 Å². The highest BCUT2D eigenvalue weighted by Gasteiger charge is 2.18. The smallest absolute Gasteiger partial charge is 0.0493 e. The lowest BCUT2D eigenvalue weighted by Crippen LogP contribution is -2.22. The number of thioether (sulfide) groups is 1. The van der Waals surface area contributed by atoms with Gasteiger partial charge in [-0.1, -0.05) is 29.8 Å². The van der Waals surface area contributed by atoms with Crippen molar-refractivity contribution >= 4 is 23.4 Å². The molecule has 0 spiro atoms. The summed E-state index contributed by atoms with van der Waals surface area (Å²) in [4.78, 5) is 1.25. The number of nitrogens with two attached hydrogens (primary N) is 1. The van der Waals surface area contributed by atoms with Crippen LogP contribution in [0.4, 0.5) is 0 Å². The lowest BCUT2D eigenvalue weighted by molar-refractivity contribution is 0.721. The van der Waals surface area contributed by atoms with Crippen LogP contribution in [0.1, 0.15) is 28.9 Å². The van der Waals surface area contributed by atoms with Crippen LogP contribution < -0.4 is 5.73 Å². The van der Waals surface area contributed by atoms with E-state index in [0.717, 1.165) is 5.02 Å². The summed E-state index contributed by atoms with van der Waals surface area (Å²) in [6.45, 7) is 6.31. The zero-order valence-electron chi connectivity index (χ0n) is 12.1. The first-order valence-electron chi connectivity index (χ1n) is 6.72. The summed E-state index contributed by atoms with van der Waals surface area (Å²) < 4.78 is 0. The average molecular weight is 306 g/mol. The van der Waals surface area contributed by atoms with E-state index in [4.69, 9.17) is 17.3 Å². The number of halogens is 1. The van der Waals surface area contributed by atoms with E-state index in [0.29, 0.717) is 0 Å². The third-order valence-corrected chi connectivity index (χ3v) is 5.11. The van der Waals surface area contributed by atoms with Gasteiger partial charge in [-0.3, -0.25) is 0 Å². The third-order valence-electron chi connectivity index (χ3n) is 3.40. The molecule has 0 aliphatic heterocycles. The molecule has 106 valence electrons. The van der Waals surface area contributed by atoms with Gasteiger partial charge in [0.1, 0.15) is 0 Å². The molecule has 2 aromatic rings. The summed E-state index contributed by atoms with van der Waals surface area (Å²) in [6, 6.07) is 14.6. The number of rotatable bonds is 4. The van der Waals surface area contributed by atoms with E-state index in [-0.39, 0.29) is 11.3 Å². The average Bonchev–Trinajstić information content (AvgIpc) is 2.39. The highest BCUT2D eigenvalue weighted by Crippen LogP contribution is 2.38. The first-order valence-corrected chi connectivity index (χ1v) is 7.98. The minimum atomic E-state index is 0.0556. The summed E-state index contributed by atoms with van der Waals surface area (Å²) in [5.41, 5.74) is 9.97. The first kappa shape index (κ1) is 15.4. The second kappa shape index (κ2) is 6.66. The largest absolute Gasteiger partial charge is 0.327 e. The molecule has 0 heterocycles. The van der Waals surface area contributed by atoms with E-state index in [1.165, 1.54) is 21.6 Å². The lowest BCUT2D eigenvalue weighted by Gasteiger charge is -2.21. The van der Waals surface area contributed by atoms with Gasteiger partial charge in [0.15, 0.2) is 0 Å². The zero-order chi connectivity index (χ0) is 14.7. The molecule has 0 bridgehead atoms. The second-order valence-electron chi connectivity index (χ2n) is 5.20. The molecular weight excluding hydrogens is 286 g/mol. The standard InChI is InChI=1S/C17H20ClNS/c1-11-7-8-16(9-12(11)2)20-17(13(3)19)14-5-4-6-15(18)10-14/h4-10,13,17H,19H2,1-3H3. The summed E-state index contributed by atoms with van der Waals surface area (Å²) in [6.07, 6.45) is 0. The Morgan fingerprint density at radius 2 is 1.80 bits per heavy atom. The van der Waals surface area contributed by atoms with Crippen LogP contribution in [-0.4, -0.2) is 6.04 Å². The Kier molecular flexibility index (Phi) is 5.14. The Morgan fingerprint density at radius 1 is 1.05 bits per heavy atom. The highest BCUT2D eigenvalue weighted by molar-refractivity contribution is 7.99. The van der Waals surface area contributed by atoms with Gasteiger partial charge in [-0.05, 0) is 61.7 Å². The van der Waals surface area contributed by atoms with Crippen molar-refractivity contribution in [3.05, 3.63) is 64.2 Å². The third kappa shape index (κ3) is 3.78. The molecule has 2 N–H and O–H groups in total. The maximum atomic E-state index is 6.17. The van der Waals surface area contributed by atoms with Gasteiger partial charge in [0.2, 0.25) is 0 Å². The predicted octanol–water partition coefficient (Wildman–Crippen LogP) is 5.14. The number of benzene rings is 2. The summed E-state index contributed by atoms with van der Waals surface area (Å²) >= 11 is 7.89. The minimum Gasteiger partial charge on any atom is -0.327 e.